The summed E-state index contributed by atoms with van der Waals surface area (Å²) in [7, 11) is 3.16. The Morgan fingerprint density at radius 3 is 1.93 bits per heavy atom. The molecular weight excluding hydrogens is 512 g/mol. The molecule has 0 bridgehead atoms. The number of aliphatic hydroxyl groups excluding tert-OH is 2. The Labute approximate surface area is 231 Å². The summed E-state index contributed by atoms with van der Waals surface area (Å²) in [4.78, 5) is 28.5. The van der Waals surface area contributed by atoms with E-state index in [0.717, 1.165) is 16.7 Å². The van der Waals surface area contributed by atoms with E-state index in [9.17, 15) is 19.8 Å². The number of aryl methyl sites for hydroxylation is 1. The van der Waals surface area contributed by atoms with E-state index in [1.807, 2.05) is 78.9 Å². The molecular formula is C31H32N2O7. The molecule has 3 atom stereocenters. The molecule has 2 heterocycles. The highest BCUT2D eigenvalue weighted by molar-refractivity contribution is 5.55. The van der Waals surface area contributed by atoms with Gasteiger partial charge in [0.1, 0.15) is 17.6 Å². The topological polar surface area (TPSA) is 123 Å². The monoisotopic (exact) mass is 544 g/mol. The first-order chi connectivity index (χ1) is 19.3. The van der Waals surface area contributed by atoms with Gasteiger partial charge < -0.3 is 24.4 Å². The number of methoxy groups -OCH3 is 2. The SMILES string of the molecule is COc1ccc(C(c2ccccc2)(c2ccc(OC)cc2)[C@]2(n3cc(C)c(=O)[nH]c3=O)CC(O)[C@@H](CO)O2)cc1. The van der Waals surface area contributed by atoms with Crippen LogP contribution < -0.4 is 20.7 Å². The molecule has 1 unspecified atom stereocenters. The van der Waals surface area contributed by atoms with Crippen molar-refractivity contribution in [2.24, 2.45) is 0 Å². The highest BCUT2D eigenvalue weighted by atomic mass is 16.6. The number of H-pyrrole nitrogens is 1. The maximum atomic E-state index is 13.7. The first-order valence-electron chi connectivity index (χ1n) is 12.9. The zero-order chi connectivity index (χ0) is 28.5. The molecule has 5 rings (SSSR count). The second-order valence-electron chi connectivity index (χ2n) is 9.91. The Morgan fingerprint density at radius 2 is 1.45 bits per heavy atom. The van der Waals surface area contributed by atoms with E-state index in [1.54, 1.807) is 21.1 Å². The molecule has 1 aromatic heterocycles. The van der Waals surface area contributed by atoms with Crippen molar-refractivity contribution >= 4 is 0 Å². The molecule has 4 aromatic rings. The minimum Gasteiger partial charge on any atom is -0.497 e. The predicted octanol–water partition coefficient (Wildman–Crippen LogP) is 2.69. The molecule has 9 nitrogen and oxygen atoms in total. The van der Waals surface area contributed by atoms with Crippen LogP contribution in [0.25, 0.3) is 0 Å². The third-order valence-corrected chi connectivity index (χ3v) is 7.79. The van der Waals surface area contributed by atoms with Gasteiger partial charge in [0.25, 0.3) is 5.56 Å². The standard InChI is InChI=1S/C31H32N2O7/c1-20-18-33(29(37)32-28(20)36)30(17-26(35)27(19-34)40-30)31(21-7-5-4-6-8-21,22-9-13-24(38-2)14-10-22)23-11-15-25(39-3)16-12-23/h4-16,18,26-27,34-35H,17,19H2,1-3H3,(H,32,36,37)/t26?,27-,30+/m1/s1. The van der Waals surface area contributed by atoms with Crippen molar-refractivity contribution in [1.82, 2.24) is 9.55 Å². The lowest BCUT2D eigenvalue weighted by atomic mass is 9.61. The van der Waals surface area contributed by atoms with Crippen LogP contribution in [0, 0.1) is 6.92 Å². The van der Waals surface area contributed by atoms with E-state index in [0.29, 0.717) is 11.5 Å². The van der Waals surface area contributed by atoms with Crippen molar-refractivity contribution in [3.63, 3.8) is 0 Å². The molecule has 1 aliphatic heterocycles. The number of nitrogens with zero attached hydrogens (tertiary/aromatic N) is 1. The number of aromatic amines is 1. The zero-order valence-corrected chi connectivity index (χ0v) is 22.5. The molecule has 1 fully saturated rings. The highest BCUT2D eigenvalue weighted by Gasteiger charge is 2.63. The van der Waals surface area contributed by atoms with Gasteiger partial charge in [-0.3, -0.25) is 14.3 Å². The number of aliphatic hydroxyl groups is 2. The molecule has 1 aliphatic rings. The van der Waals surface area contributed by atoms with E-state index in [-0.39, 0.29) is 12.0 Å². The van der Waals surface area contributed by atoms with Crippen LogP contribution in [0.3, 0.4) is 0 Å². The van der Waals surface area contributed by atoms with E-state index < -0.39 is 41.2 Å². The molecule has 3 aromatic carbocycles. The zero-order valence-electron chi connectivity index (χ0n) is 22.5. The van der Waals surface area contributed by atoms with Gasteiger partial charge in [-0.05, 0) is 47.9 Å². The molecule has 0 spiro atoms. The smallest absolute Gasteiger partial charge is 0.330 e. The van der Waals surface area contributed by atoms with Gasteiger partial charge in [0, 0.05) is 18.2 Å². The first kappa shape index (κ1) is 27.4. The summed E-state index contributed by atoms with van der Waals surface area (Å²) >= 11 is 0. The Balaban J connectivity index is 1.99. The average Bonchev–Trinajstić information content (AvgIpc) is 3.33. The maximum Gasteiger partial charge on any atom is 0.330 e. The molecule has 208 valence electrons. The lowest BCUT2D eigenvalue weighted by molar-refractivity contribution is -0.147. The molecule has 9 heteroatoms. The van der Waals surface area contributed by atoms with Gasteiger partial charge >= 0.3 is 5.69 Å². The molecule has 3 N–H and O–H groups in total. The summed E-state index contributed by atoms with van der Waals surface area (Å²) in [6, 6.07) is 24.4. The summed E-state index contributed by atoms with van der Waals surface area (Å²) in [5, 5.41) is 21.5. The quantitative estimate of drug-likeness (QED) is 0.292. The fourth-order valence-corrected chi connectivity index (χ4v) is 5.91. The van der Waals surface area contributed by atoms with Gasteiger partial charge in [-0.15, -0.1) is 0 Å². The van der Waals surface area contributed by atoms with Gasteiger partial charge in [-0.2, -0.15) is 0 Å². The Bertz CT molecular complexity index is 1530. The average molecular weight is 545 g/mol. The van der Waals surface area contributed by atoms with Crippen molar-refractivity contribution < 1.29 is 24.4 Å². The largest absolute Gasteiger partial charge is 0.497 e. The van der Waals surface area contributed by atoms with Crippen molar-refractivity contribution in [2.45, 2.75) is 36.7 Å². The van der Waals surface area contributed by atoms with Crippen LogP contribution in [-0.2, 0) is 15.9 Å². The molecule has 1 saturated heterocycles. The summed E-state index contributed by atoms with van der Waals surface area (Å²) in [5.74, 6) is 1.26. The number of hydrogen-bond donors (Lipinski definition) is 3. The Morgan fingerprint density at radius 1 is 0.925 bits per heavy atom. The third-order valence-electron chi connectivity index (χ3n) is 7.79. The van der Waals surface area contributed by atoms with Crippen LogP contribution in [0.5, 0.6) is 11.5 Å². The number of hydrogen-bond acceptors (Lipinski definition) is 7. The van der Waals surface area contributed by atoms with Gasteiger partial charge in [-0.25, -0.2) is 4.79 Å². The summed E-state index contributed by atoms with van der Waals surface area (Å²) in [5.41, 5.74) is -1.65. The second kappa shape index (κ2) is 10.8. The summed E-state index contributed by atoms with van der Waals surface area (Å²) in [6.07, 6.45) is -0.739. The van der Waals surface area contributed by atoms with Crippen LogP contribution in [0.2, 0.25) is 0 Å². The first-order valence-corrected chi connectivity index (χ1v) is 12.9. The van der Waals surface area contributed by atoms with Crippen molar-refractivity contribution in [3.8, 4) is 11.5 Å². The van der Waals surface area contributed by atoms with Gasteiger partial charge in [-0.1, -0.05) is 54.6 Å². The molecule has 0 amide bonds. The van der Waals surface area contributed by atoms with Gasteiger partial charge in [0.05, 0.1) is 32.3 Å². The number of aromatic nitrogens is 2. The van der Waals surface area contributed by atoms with Crippen molar-refractivity contribution in [3.05, 3.63) is 128 Å². The van der Waals surface area contributed by atoms with E-state index >= 15 is 0 Å². The number of rotatable bonds is 8. The molecule has 40 heavy (non-hydrogen) atoms. The minimum atomic E-state index is -1.64. The van der Waals surface area contributed by atoms with Gasteiger partial charge in [0.2, 0.25) is 0 Å². The van der Waals surface area contributed by atoms with E-state index in [4.69, 9.17) is 14.2 Å². The third kappa shape index (κ3) is 4.23. The van der Waals surface area contributed by atoms with E-state index in [1.165, 1.54) is 10.8 Å². The van der Waals surface area contributed by atoms with Crippen molar-refractivity contribution in [2.75, 3.05) is 20.8 Å². The summed E-state index contributed by atoms with van der Waals surface area (Å²) < 4.78 is 18.9. The van der Waals surface area contributed by atoms with Crippen LogP contribution in [0.1, 0.15) is 28.7 Å². The normalized spacial score (nSPS) is 20.8. The Kier molecular flexibility index (Phi) is 7.37. The van der Waals surface area contributed by atoms with Crippen LogP contribution in [0.4, 0.5) is 0 Å². The van der Waals surface area contributed by atoms with Crippen LogP contribution >= 0.6 is 0 Å². The summed E-state index contributed by atoms with van der Waals surface area (Å²) in [6.45, 7) is 1.12. The van der Waals surface area contributed by atoms with Crippen LogP contribution in [0.15, 0.2) is 94.6 Å². The lowest BCUT2D eigenvalue weighted by Gasteiger charge is -2.50. The highest BCUT2D eigenvalue weighted by Crippen LogP contribution is 2.56. The number of benzene rings is 3. The Hall–Kier alpha value is -4.18. The lowest BCUT2D eigenvalue weighted by Crippen LogP contribution is -2.59. The molecule has 0 aliphatic carbocycles. The number of ether oxygens (including phenoxy) is 3. The van der Waals surface area contributed by atoms with Gasteiger partial charge in [0.15, 0.2) is 5.72 Å². The molecule has 0 saturated carbocycles. The van der Waals surface area contributed by atoms with Crippen molar-refractivity contribution in [1.29, 1.82) is 0 Å². The fourth-order valence-electron chi connectivity index (χ4n) is 5.91. The van der Waals surface area contributed by atoms with E-state index in [2.05, 4.69) is 4.98 Å². The molecule has 0 radical (unpaired) electrons. The number of nitrogens with one attached hydrogen (secondary N) is 1. The maximum absolute atomic E-state index is 13.7. The second-order valence-corrected chi connectivity index (χ2v) is 9.91. The minimum absolute atomic E-state index is 0.0728. The predicted molar refractivity (Wildman–Crippen MR) is 149 cm³/mol. The fraction of sp³-hybridized carbons (Fsp3) is 0.290. The van der Waals surface area contributed by atoms with Crippen LogP contribution in [-0.4, -0.2) is 52.8 Å².